The van der Waals surface area contributed by atoms with Gasteiger partial charge in [-0.25, -0.2) is 0 Å². The first-order valence-corrected chi connectivity index (χ1v) is 5.43. The SMILES string of the molecule is C=CCCCCc1ccc(C(C)C)o1. The summed E-state index contributed by atoms with van der Waals surface area (Å²) in [5.74, 6) is 2.72. The molecule has 0 N–H and O–H groups in total. The van der Waals surface area contributed by atoms with Crippen LogP contribution in [0.3, 0.4) is 0 Å². The Labute approximate surface area is 86.8 Å². The van der Waals surface area contributed by atoms with Crippen LogP contribution in [0.15, 0.2) is 29.2 Å². The fraction of sp³-hybridized carbons (Fsp3) is 0.538. The van der Waals surface area contributed by atoms with Gasteiger partial charge in [-0.2, -0.15) is 0 Å². The zero-order valence-corrected chi connectivity index (χ0v) is 9.25. The molecule has 0 aliphatic rings. The molecule has 0 amide bonds. The zero-order valence-electron chi connectivity index (χ0n) is 9.25. The Balaban J connectivity index is 2.32. The highest BCUT2D eigenvalue weighted by Gasteiger charge is 2.04. The van der Waals surface area contributed by atoms with E-state index < -0.39 is 0 Å². The van der Waals surface area contributed by atoms with Gasteiger partial charge in [0.25, 0.3) is 0 Å². The number of hydrogen-bond donors (Lipinski definition) is 0. The Morgan fingerprint density at radius 1 is 1.36 bits per heavy atom. The highest BCUT2D eigenvalue weighted by atomic mass is 16.3. The summed E-state index contributed by atoms with van der Waals surface area (Å²) in [5.41, 5.74) is 0. The van der Waals surface area contributed by atoms with Crippen LogP contribution in [0.4, 0.5) is 0 Å². The number of unbranched alkanes of at least 4 members (excludes halogenated alkanes) is 2. The average Bonchev–Trinajstić information content (AvgIpc) is 2.61. The molecule has 0 saturated heterocycles. The summed E-state index contributed by atoms with van der Waals surface area (Å²) in [5, 5.41) is 0. The van der Waals surface area contributed by atoms with Crippen LogP contribution in [0.2, 0.25) is 0 Å². The van der Waals surface area contributed by atoms with E-state index in [0.717, 1.165) is 24.4 Å². The van der Waals surface area contributed by atoms with Gasteiger partial charge in [0.2, 0.25) is 0 Å². The number of furan rings is 1. The van der Waals surface area contributed by atoms with Gasteiger partial charge >= 0.3 is 0 Å². The molecule has 1 rings (SSSR count). The standard InChI is InChI=1S/C13H20O/c1-4-5-6-7-8-12-9-10-13(14-12)11(2)3/h4,9-11H,1,5-8H2,2-3H3. The van der Waals surface area contributed by atoms with Gasteiger partial charge < -0.3 is 4.42 Å². The zero-order chi connectivity index (χ0) is 10.4. The predicted molar refractivity (Wildman–Crippen MR) is 60.5 cm³/mol. The van der Waals surface area contributed by atoms with Crippen LogP contribution in [-0.2, 0) is 6.42 Å². The minimum Gasteiger partial charge on any atom is -0.466 e. The van der Waals surface area contributed by atoms with E-state index in [-0.39, 0.29) is 0 Å². The molecule has 0 aliphatic heterocycles. The summed E-state index contributed by atoms with van der Waals surface area (Å²) in [7, 11) is 0. The molecule has 0 bridgehead atoms. The third-order valence-corrected chi connectivity index (χ3v) is 2.33. The van der Waals surface area contributed by atoms with E-state index in [4.69, 9.17) is 4.42 Å². The van der Waals surface area contributed by atoms with Gasteiger partial charge in [-0.1, -0.05) is 19.9 Å². The van der Waals surface area contributed by atoms with Crippen molar-refractivity contribution in [2.45, 2.75) is 45.4 Å². The van der Waals surface area contributed by atoms with Crippen LogP contribution in [-0.4, -0.2) is 0 Å². The summed E-state index contributed by atoms with van der Waals surface area (Å²) >= 11 is 0. The first-order chi connectivity index (χ1) is 6.74. The third kappa shape index (κ3) is 3.41. The maximum Gasteiger partial charge on any atom is 0.106 e. The second-order valence-electron chi connectivity index (χ2n) is 3.99. The number of hydrogen-bond acceptors (Lipinski definition) is 1. The number of allylic oxidation sites excluding steroid dienone is 1. The van der Waals surface area contributed by atoms with Crippen molar-refractivity contribution in [1.29, 1.82) is 0 Å². The van der Waals surface area contributed by atoms with Crippen molar-refractivity contribution >= 4 is 0 Å². The van der Waals surface area contributed by atoms with E-state index in [1.165, 1.54) is 12.8 Å². The lowest BCUT2D eigenvalue weighted by Gasteiger charge is -1.99. The van der Waals surface area contributed by atoms with E-state index >= 15 is 0 Å². The van der Waals surface area contributed by atoms with Gasteiger partial charge in [0.1, 0.15) is 11.5 Å². The molecule has 0 spiro atoms. The van der Waals surface area contributed by atoms with E-state index in [1.807, 2.05) is 6.08 Å². The molecule has 0 aromatic carbocycles. The molecular weight excluding hydrogens is 172 g/mol. The molecule has 1 nitrogen and oxygen atoms in total. The molecule has 14 heavy (non-hydrogen) atoms. The minimum absolute atomic E-state index is 0.497. The van der Waals surface area contributed by atoms with Crippen LogP contribution >= 0.6 is 0 Å². The van der Waals surface area contributed by atoms with Crippen molar-refractivity contribution in [2.75, 3.05) is 0 Å². The Morgan fingerprint density at radius 3 is 2.71 bits per heavy atom. The van der Waals surface area contributed by atoms with E-state index in [9.17, 15) is 0 Å². The van der Waals surface area contributed by atoms with Gasteiger partial charge in [0, 0.05) is 12.3 Å². The highest BCUT2D eigenvalue weighted by molar-refractivity contribution is 5.10. The topological polar surface area (TPSA) is 13.1 Å². The Bertz CT molecular complexity index is 271. The molecule has 1 aromatic rings. The van der Waals surface area contributed by atoms with Crippen LogP contribution in [0.5, 0.6) is 0 Å². The lowest BCUT2D eigenvalue weighted by atomic mass is 10.1. The molecular formula is C13H20O. The van der Waals surface area contributed by atoms with Crippen molar-refractivity contribution in [3.63, 3.8) is 0 Å². The molecule has 0 radical (unpaired) electrons. The largest absolute Gasteiger partial charge is 0.466 e. The normalized spacial score (nSPS) is 10.8. The Morgan fingerprint density at radius 2 is 2.14 bits per heavy atom. The van der Waals surface area contributed by atoms with E-state index in [2.05, 4.69) is 32.6 Å². The molecule has 1 heteroatoms. The molecule has 78 valence electrons. The van der Waals surface area contributed by atoms with E-state index in [0.29, 0.717) is 5.92 Å². The molecule has 0 aliphatic carbocycles. The Kier molecular flexibility index (Phi) is 4.51. The molecule has 1 heterocycles. The maximum atomic E-state index is 5.70. The van der Waals surface area contributed by atoms with Crippen LogP contribution in [0, 0.1) is 0 Å². The van der Waals surface area contributed by atoms with Crippen molar-refractivity contribution in [3.05, 3.63) is 36.3 Å². The van der Waals surface area contributed by atoms with Crippen molar-refractivity contribution < 1.29 is 4.42 Å². The monoisotopic (exact) mass is 192 g/mol. The van der Waals surface area contributed by atoms with Gasteiger partial charge in [-0.05, 0) is 31.4 Å². The first kappa shape index (κ1) is 11.1. The lowest BCUT2D eigenvalue weighted by Crippen LogP contribution is -1.83. The quantitative estimate of drug-likeness (QED) is 0.483. The third-order valence-electron chi connectivity index (χ3n) is 2.33. The molecule has 0 saturated carbocycles. The van der Waals surface area contributed by atoms with Crippen LogP contribution in [0.25, 0.3) is 0 Å². The molecule has 0 atom stereocenters. The van der Waals surface area contributed by atoms with Crippen molar-refractivity contribution in [1.82, 2.24) is 0 Å². The number of rotatable bonds is 6. The summed E-state index contributed by atoms with van der Waals surface area (Å²) in [6.45, 7) is 8.02. The van der Waals surface area contributed by atoms with Crippen LogP contribution in [0.1, 0.15) is 50.5 Å². The second kappa shape index (κ2) is 5.69. The summed E-state index contributed by atoms with van der Waals surface area (Å²) < 4.78 is 5.70. The second-order valence-corrected chi connectivity index (χ2v) is 3.99. The predicted octanol–water partition coefficient (Wildman–Crippen LogP) is 4.30. The number of aryl methyl sites for hydroxylation is 1. The van der Waals surface area contributed by atoms with Crippen molar-refractivity contribution in [3.8, 4) is 0 Å². The smallest absolute Gasteiger partial charge is 0.106 e. The van der Waals surface area contributed by atoms with Gasteiger partial charge in [-0.15, -0.1) is 6.58 Å². The van der Waals surface area contributed by atoms with E-state index in [1.54, 1.807) is 0 Å². The summed E-state index contributed by atoms with van der Waals surface area (Å²) in [6.07, 6.45) is 6.54. The summed E-state index contributed by atoms with van der Waals surface area (Å²) in [4.78, 5) is 0. The fourth-order valence-electron chi connectivity index (χ4n) is 1.43. The minimum atomic E-state index is 0.497. The van der Waals surface area contributed by atoms with Gasteiger partial charge in [0.15, 0.2) is 0 Å². The van der Waals surface area contributed by atoms with Gasteiger partial charge in [-0.3, -0.25) is 0 Å². The fourth-order valence-corrected chi connectivity index (χ4v) is 1.43. The van der Waals surface area contributed by atoms with Gasteiger partial charge in [0.05, 0.1) is 0 Å². The summed E-state index contributed by atoms with van der Waals surface area (Å²) in [6, 6.07) is 4.19. The maximum absolute atomic E-state index is 5.70. The molecule has 0 fully saturated rings. The van der Waals surface area contributed by atoms with Crippen molar-refractivity contribution in [2.24, 2.45) is 0 Å². The average molecular weight is 192 g/mol. The van der Waals surface area contributed by atoms with Crippen LogP contribution < -0.4 is 0 Å². The molecule has 1 aromatic heterocycles. The first-order valence-electron chi connectivity index (χ1n) is 5.43. The molecule has 0 unspecified atom stereocenters. The lowest BCUT2D eigenvalue weighted by molar-refractivity contribution is 0.441. The Hall–Kier alpha value is -0.980. The highest BCUT2D eigenvalue weighted by Crippen LogP contribution is 2.18.